The van der Waals surface area contributed by atoms with Gasteiger partial charge in [-0.15, -0.1) is 0 Å². The van der Waals surface area contributed by atoms with E-state index in [1.165, 1.54) is 6.92 Å². The van der Waals surface area contributed by atoms with Gasteiger partial charge in [0.15, 0.2) is 6.10 Å². The minimum atomic E-state index is -1.97. The Balaban J connectivity index is 2.96. The number of carbonyl (C=O) groups is 1. The Morgan fingerprint density at radius 1 is 1.47 bits per heavy atom. The molecular weight excluding hydrogens is 205 g/mol. The summed E-state index contributed by atoms with van der Waals surface area (Å²) in [6.45, 7) is 1.37. The van der Waals surface area contributed by atoms with Gasteiger partial charge in [0, 0.05) is 0 Å². The van der Waals surface area contributed by atoms with E-state index in [2.05, 4.69) is 4.98 Å². The maximum absolute atomic E-state index is 12.8. The van der Waals surface area contributed by atoms with Crippen LogP contribution in [0.2, 0.25) is 0 Å². The van der Waals surface area contributed by atoms with Gasteiger partial charge < -0.3 is 15.3 Å². The number of rotatable bonds is 3. The number of aryl methyl sites for hydroxylation is 1. The zero-order chi connectivity index (χ0) is 11.6. The molecule has 2 atom stereocenters. The lowest BCUT2D eigenvalue weighted by Gasteiger charge is -2.13. The second-order valence-corrected chi connectivity index (χ2v) is 3.03. The van der Waals surface area contributed by atoms with E-state index in [1.807, 2.05) is 0 Å². The molecule has 15 heavy (non-hydrogen) atoms. The predicted molar refractivity (Wildman–Crippen MR) is 47.5 cm³/mol. The summed E-state index contributed by atoms with van der Waals surface area (Å²) in [6, 6.07) is 2.18. The van der Waals surface area contributed by atoms with Gasteiger partial charge in [0.05, 0.1) is 11.4 Å². The van der Waals surface area contributed by atoms with E-state index in [-0.39, 0.29) is 11.4 Å². The van der Waals surface area contributed by atoms with Gasteiger partial charge in [-0.3, -0.25) is 4.98 Å². The lowest BCUT2D eigenvalue weighted by molar-refractivity contribution is -0.153. The van der Waals surface area contributed by atoms with E-state index in [9.17, 15) is 14.3 Å². The number of hydrogen-bond acceptors (Lipinski definition) is 4. The van der Waals surface area contributed by atoms with Crippen LogP contribution in [0.3, 0.4) is 0 Å². The maximum atomic E-state index is 12.8. The predicted octanol–water partition coefficient (Wildman–Crippen LogP) is 0.00802. The molecule has 0 saturated heterocycles. The van der Waals surface area contributed by atoms with E-state index in [4.69, 9.17) is 10.2 Å². The number of aliphatic hydroxyl groups excluding tert-OH is 2. The van der Waals surface area contributed by atoms with Gasteiger partial charge in [0.1, 0.15) is 11.9 Å². The van der Waals surface area contributed by atoms with Crippen LogP contribution < -0.4 is 0 Å². The number of aliphatic hydroxyl groups is 2. The molecule has 0 aliphatic carbocycles. The van der Waals surface area contributed by atoms with Crippen molar-refractivity contribution < 1.29 is 24.5 Å². The van der Waals surface area contributed by atoms with Crippen molar-refractivity contribution in [2.24, 2.45) is 0 Å². The molecule has 1 aromatic heterocycles. The average molecular weight is 215 g/mol. The first-order valence-corrected chi connectivity index (χ1v) is 4.15. The van der Waals surface area contributed by atoms with Crippen molar-refractivity contribution in [3.8, 4) is 0 Å². The first-order valence-electron chi connectivity index (χ1n) is 4.15. The number of carboxylic acids is 1. The largest absolute Gasteiger partial charge is 0.479 e. The van der Waals surface area contributed by atoms with Crippen molar-refractivity contribution in [2.75, 3.05) is 0 Å². The molecule has 0 amide bonds. The smallest absolute Gasteiger partial charge is 0.335 e. The Kier molecular flexibility index (Phi) is 3.33. The zero-order valence-electron chi connectivity index (χ0n) is 7.88. The van der Waals surface area contributed by atoms with Crippen LogP contribution in [-0.4, -0.2) is 32.4 Å². The Bertz CT molecular complexity index is 382. The van der Waals surface area contributed by atoms with Gasteiger partial charge in [-0.1, -0.05) is 0 Å². The lowest BCUT2D eigenvalue weighted by Crippen LogP contribution is -2.28. The molecule has 1 heterocycles. The summed E-state index contributed by atoms with van der Waals surface area (Å²) in [5.74, 6) is -2.12. The standard InChI is InChI=1S/C9H10FNO4/c1-4-5(10)2-3-6(11-4)7(12)8(13)9(14)15/h2-3,7-8,12-13H,1H3,(H,14,15). The van der Waals surface area contributed by atoms with Crippen LogP contribution in [0.4, 0.5) is 4.39 Å². The highest BCUT2D eigenvalue weighted by Gasteiger charge is 2.26. The molecule has 0 saturated carbocycles. The van der Waals surface area contributed by atoms with Gasteiger partial charge in [0.25, 0.3) is 0 Å². The molecule has 1 aromatic rings. The quantitative estimate of drug-likeness (QED) is 0.660. The molecule has 0 radical (unpaired) electrons. The Morgan fingerprint density at radius 2 is 2.07 bits per heavy atom. The fraction of sp³-hybridized carbons (Fsp3) is 0.333. The number of hydrogen-bond donors (Lipinski definition) is 3. The first kappa shape index (κ1) is 11.5. The highest BCUT2D eigenvalue weighted by Crippen LogP contribution is 2.16. The maximum Gasteiger partial charge on any atom is 0.335 e. The summed E-state index contributed by atoms with van der Waals surface area (Å²) in [6.07, 6.45) is -3.64. The highest BCUT2D eigenvalue weighted by molar-refractivity contribution is 5.72. The molecule has 0 aliphatic rings. The number of aromatic nitrogens is 1. The molecule has 0 fully saturated rings. The zero-order valence-corrected chi connectivity index (χ0v) is 7.88. The van der Waals surface area contributed by atoms with Crippen molar-refractivity contribution in [1.29, 1.82) is 0 Å². The van der Waals surface area contributed by atoms with Crippen LogP contribution >= 0.6 is 0 Å². The second kappa shape index (κ2) is 4.33. The summed E-state index contributed by atoms with van der Waals surface area (Å²) in [5.41, 5.74) is -0.0482. The summed E-state index contributed by atoms with van der Waals surface area (Å²) < 4.78 is 12.8. The third-order valence-electron chi connectivity index (χ3n) is 1.90. The molecule has 0 aromatic carbocycles. The fourth-order valence-electron chi connectivity index (χ4n) is 1.02. The van der Waals surface area contributed by atoms with Crippen molar-refractivity contribution in [3.05, 3.63) is 29.3 Å². The highest BCUT2D eigenvalue weighted by atomic mass is 19.1. The lowest BCUT2D eigenvalue weighted by atomic mass is 10.1. The van der Waals surface area contributed by atoms with Crippen molar-refractivity contribution in [1.82, 2.24) is 4.98 Å². The van der Waals surface area contributed by atoms with Gasteiger partial charge >= 0.3 is 5.97 Å². The third kappa shape index (κ3) is 2.48. The number of pyridine rings is 1. The molecule has 2 unspecified atom stereocenters. The summed E-state index contributed by atoms with van der Waals surface area (Å²) in [7, 11) is 0. The molecule has 3 N–H and O–H groups in total. The van der Waals surface area contributed by atoms with E-state index >= 15 is 0 Å². The van der Waals surface area contributed by atoms with E-state index in [0.29, 0.717) is 0 Å². The summed E-state index contributed by atoms with van der Waals surface area (Å²) in [5, 5.41) is 26.8. The SMILES string of the molecule is Cc1nc(C(O)C(O)C(=O)O)ccc1F. The molecule has 82 valence electrons. The van der Waals surface area contributed by atoms with Gasteiger partial charge in [-0.2, -0.15) is 0 Å². The van der Waals surface area contributed by atoms with E-state index in [1.54, 1.807) is 0 Å². The van der Waals surface area contributed by atoms with E-state index in [0.717, 1.165) is 12.1 Å². The number of aliphatic carboxylic acids is 1. The molecular formula is C9H10FNO4. The summed E-state index contributed by atoms with van der Waals surface area (Å²) in [4.78, 5) is 14.0. The molecule has 0 bridgehead atoms. The minimum Gasteiger partial charge on any atom is -0.479 e. The molecule has 0 aliphatic heterocycles. The van der Waals surface area contributed by atoms with Gasteiger partial charge in [-0.25, -0.2) is 9.18 Å². The van der Waals surface area contributed by atoms with Crippen LogP contribution in [0.25, 0.3) is 0 Å². The Morgan fingerprint density at radius 3 is 2.53 bits per heavy atom. The monoisotopic (exact) mass is 215 g/mol. The third-order valence-corrected chi connectivity index (χ3v) is 1.90. The molecule has 0 spiro atoms. The Labute approximate surface area is 84.8 Å². The minimum absolute atomic E-state index is 0.0316. The second-order valence-electron chi connectivity index (χ2n) is 3.03. The summed E-state index contributed by atoms with van der Waals surface area (Å²) >= 11 is 0. The number of halogens is 1. The van der Waals surface area contributed by atoms with E-state index < -0.39 is 24.0 Å². The van der Waals surface area contributed by atoms with Crippen LogP contribution in [0, 0.1) is 12.7 Å². The molecule has 6 heteroatoms. The number of nitrogens with zero attached hydrogens (tertiary/aromatic N) is 1. The first-order chi connectivity index (χ1) is 6.93. The van der Waals surface area contributed by atoms with Crippen molar-refractivity contribution in [2.45, 2.75) is 19.1 Å². The topological polar surface area (TPSA) is 90.7 Å². The number of carboxylic acid groups (broad SMARTS) is 1. The van der Waals surface area contributed by atoms with Crippen LogP contribution in [0.15, 0.2) is 12.1 Å². The van der Waals surface area contributed by atoms with Crippen LogP contribution in [0.5, 0.6) is 0 Å². The molecule has 1 rings (SSSR count). The average Bonchev–Trinajstić information content (AvgIpc) is 2.19. The molecule has 5 nitrogen and oxygen atoms in total. The Hall–Kier alpha value is -1.53. The van der Waals surface area contributed by atoms with Gasteiger partial charge in [0.2, 0.25) is 0 Å². The fourth-order valence-corrected chi connectivity index (χ4v) is 1.02. The van der Waals surface area contributed by atoms with Crippen molar-refractivity contribution in [3.63, 3.8) is 0 Å². The normalized spacial score (nSPS) is 14.7. The van der Waals surface area contributed by atoms with Crippen molar-refractivity contribution >= 4 is 5.97 Å². The van der Waals surface area contributed by atoms with Gasteiger partial charge in [-0.05, 0) is 19.1 Å². The van der Waals surface area contributed by atoms with Crippen LogP contribution in [-0.2, 0) is 4.79 Å². The van der Waals surface area contributed by atoms with Crippen LogP contribution in [0.1, 0.15) is 17.5 Å².